The molecule has 0 spiro atoms. The summed E-state index contributed by atoms with van der Waals surface area (Å²) in [5, 5.41) is 9.24. The average Bonchev–Trinajstić information content (AvgIpc) is 2.39. The third-order valence-electron chi connectivity index (χ3n) is 2.52. The van der Waals surface area contributed by atoms with E-state index in [0.29, 0.717) is 21.2 Å². The van der Waals surface area contributed by atoms with Crippen molar-refractivity contribution in [2.45, 2.75) is 0 Å². The minimum atomic E-state index is -0.417. The summed E-state index contributed by atoms with van der Waals surface area (Å²) in [7, 11) is 0. The van der Waals surface area contributed by atoms with E-state index in [-0.39, 0.29) is 5.70 Å². The highest BCUT2D eigenvalue weighted by molar-refractivity contribution is 9.10. The van der Waals surface area contributed by atoms with Crippen molar-refractivity contribution in [2.24, 2.45) is 5.73 Å². The molecular weight excluding hydrogens is 309 g/mol. The Hall–Kier alpha value is -2.19. The molecule has 0 amide bonds. The topological polar surface area (TPSA) is 62.7 Å². The maximum atomic E-state index is 13.4. The van der Waals surface area contributed by atoms with Gasteiger partial charge in [-0.3, -0.25) is 4.98 Å². The first-order valence-electron chi connectivity index (χ1n) is 5.38. The van der Waals surface area contributed by atoms with E-state index in [2.05, 4.69) is 20.9 Å². The van der Waals surface area contributed by atoms with Crippen LogP contribution in [0.25, 0.3) is 11.3 Å². The van der Waals surface area contributed by atoms with Gasteiger partial charge < -0.3 is 5.73 Å². The number of halogens is 2. The summed E-state index contributed by atoms with van der Waals surface area (Å²) in [5.74, 6) is -0.417. The van der Waals surface area contributed by atoms with Crippen molar-refractivity contribution in [1.82, 2.24) is 4.98 Å². The van der Waals surface area contributed by atoms with Crippen LogP contribution in [0.5, 0.6) is 0 Å². The second-order valence-corrected chi connectivity index (χ2v) is 4.71. The fraction of sp³-hybridized carbons (Fsp3) is 0. The zero-order chi connectivity index (χ0) is 13.8. The molecule has 1 aromatic carbocycles. The molecule has 2 N–H and O–H groups in total. The van der Waals surface area contributed by atoms with Crippen LogP contribution in [0.4, 0.5) is 4.39 Å². The number of nitriles is 1. The van der Waals surface area contributed by atoms with E-state index in [9.17, 15) is 9.65 Å². The van der Waals surface area contributed by atoms with Gasteiger partial charge in [0.05, 0.1) is 11.3 Å². The molecular formula is C14H9BrFN3. The molecule has 3 nitrogen and oxygen atoms in total. The molecule has 0 atom stereocenters. The highest BCUT2D eigenvalue weighted by Gasteiger charge is 2.10. The fourth-order valence-corrected chi connectivity index (χ4v) is 2.12. The van der Waals surface area contributed by atoms with Gasteiger partial charge in [0.1, 0.15) is 11.9 Å². The summed E-state index contributed by atoms with van der Waals surface area (Å²) >= 11 is 3.20. The van der Waals surface area contributed by atoms with E-state index in [1.807, 2.05) is 6.07 Å². The zero-order valence-corrected chi connectivity index (χ0v) is 11.4. The molecule has 0 fully saturated rings. The van der Waals surface area contributed by atoms with Crippen molar-refractivity contribution in [1.29, 1.82) is 5.26 Å². The summed E-state index contributed by atoms with van der Waals surface area (Å²) in [6.07, 6.45) is 3.14. The summed E-state index contributed by atoms with van der Waals surface area (Å²) in [6.45, 7) is 0. The SMILES string of the molecule is N#C/C(=C(/N)c1cc(F)cc(Br)c1)c1ccncc1. The molecule has 19 heavy (non-hydrogen) atoms. The van der Waals surface area contributed by atoms with Crippen LogP contribution in [0.2, 0.25) is 0 Å². The van der Waals surface area contributed by atoms with Gasteiger partial charge in [-0.25, -0.2) is 4.39 Å². The Morgan fingerprint density at radius 3 is 2.47 bits per heavy atom. The highest BCUT2D eigenvalue weighted by atomic mass is 79.9. The van der Waals surface area contributed by atoms with E-state index in [0.717, 1.165) is 0 Å². The molecule has 1 heterocycles. The monoisotopic (exact) mass is 317 g/mol. The number of nitrogens with two attached hydrogens (primary N) is 1. The minimum Gasteiger partial charge on any atom is -0.397 e. The quantitative estimate of drug-likeness (QED) is 0.864. The summed E-state index contributed by atoms with van der Waals surface area (Å²) < 4.78 is 13.9. The Bertz CT molecular complexity index is 655. The largest absolute Gasteiger partial charge is 0.397 e. The van der Waals surface area contributed by atoms with Crippen molar-refractivity contribution in [3.05, 3.63) is 64.1 Å². The van der Waals surface area contributed by atoms with Gasteiger partial charge in [-0.05, 0) is 35.9 Å². The first-order valence-corrected chi connectivity index (χ1v) is 6.18. The maximum absolute atomic E-state index is 13.4. The van der Waals surface area contributed by atoms with Crippen molar-refractivity contribution in [2.75, 3.05) is 0 Å². The standard InChI is InChI=1S/C14H9BrFN3/c15-11-5-10(6-12(16)7-11)14(18)13(8-17)9-1-3-19-4-2-9/h1-7H,18H2/b14-13-. The summed E-state index contributed by atoms with van der Waals surface area (Å²) in [6, 6.07) is 9.69. The molecule has 0 saturated carbocycles. The molecule has 2 aromatic rings. The Labute approximate surface area is 118 Å². The molecule has 0 saturated heterocycles. The van der Waals surface area contributed by atoms with Gasteiger partial charge in [0.2, 0.25) is 0 Å². The normalized spacial score (nSPS) is 11.6. The predicted octanol–water partition coefficient (Wildman–Crippen LogP) is 3.33. The zero-order valence-electron chi connectivity index (χ0n) is 9.77. The Kier molecular flexibility index (Phi) is 3.93. The summed E-state index contributed by atoms with van der Waals surface area (Å²) in [5.41, 5.74) is 7.60. The number of hydrogen-bond donors (Lipinski definition) is 1. The highest BCUT2D eigenvalue weighted by Crippen LogP contribution is 2.24. The number of hydrogen-bond acceptors (Lipinski definition) is 3. The number of nitrogens with zero attached hydrogens (tertiary/aromatic N) is 2. The van der Waals surface area contributed by atoms with Crippen LogP contribution >= 0.6 is 15.9 Å². The lowest BCUT2D eigenvalue weighted by Gasteiger charge is -2.07. The van der Waals surface area contributed by atoms with Crippen LogP contribution in [-0.4, -0.2) is 4.98 Å². The number of aromatic nitrogens is 1. The van der Waals surface area contributed by atoms with Gasteiger partial charge in [0, 0.05) is 22.4 Å². The molecule has 0 aliphatic rings. The third-order valence-corrected chi connectivity index (χ3v) is 2.98. The Morgan fingerprint density at radius 2 is 1.89 bits per heavy atom. The lowest BCUT2D eigenvalue weighted by atomic mass is 10.0. The summed E-state index contributed by atoms with van der Waals surface area (Å²) in [4.78, 5) is 3.88. The van der Waals surface area contributed by atoms with Gasteiger partial charge in [-0.2, -0.15) is 5.26 Å². The van der Waals surface area contributed by atoms with Crippen LogP contribution in [0, 0.1) is 17.1 Å². The Balaban J connectivity index is 2.59. The van der Waals surface area contributed by atoms with Gasteiger partial charge in [0.15, 0.2) is 0 Å². The number of benzene rings is 1. The average molecular weight is 318 g/mol. The number of rotatable bonds is 2. The molecule has 0 radical (unpaired) electrons. The maximum Gasteiger partial charge on any atom is 0.125 e. The van der Waals surface area contributed by atoms with Gasteiger partial charge in [0.25, 0.3) is 0 Å². The smallest absolute Gasteiger partial charge is 0.125 e. The Morgan fingerprint density at radius 1 is 1.21 bits per heavy atom. The van der Waals surface area contributed by atoms with Crippen LogP contribution in [0.3, 0.4) is 0 Å². The second-order valence-electron chi connectivity index (χ2n) is 3.79. The van der Waals surface area contributed by atoms with Crippen molar-refractivity contribution >= 4 is 27.2 Å². The minimum absolute atomic E-state index is 0.230. The van der Waals surface area contributed by atoms with Crippen LogP contribution < -0.4 is 5.73 Å². The first kappa shape index (κ1) is 13.2. The van der Waals surface area contributed by atoms with Crippen LogP contribution in [-0.2, 0) is 0 Å². The molecule has 5 heteroatoms. The molecule has 1 aromatic heterocycles. The van der Waals surface area contributed by atoms with Gasteiger partial charge in [-0.1, -0.05) is 15.9 Å². The molecule has 94 valence electrons. The number of pyridine rings is 1. The fourth-order valence-electron chi connectivity index (χ4n) is 1.65. The molecule has 2 rings (SSSR count). The van der Waals surface area contributed by atoms with Crippen molar-refractivity contribution < 1.29 is 4.39 Å². The van der Waals surface area contributed by atoms with E-state index in [1.54, 1.807) is 30.6 Å². The van der Waals surface area contributed by atoms with E-state index in [1.165, 1.54) is 12.1 Å². The molecule has 0 aliphatic carbocycles. The molecule has 0 unspecified atom stereocenters. The lowest BCUT2D eigenvalue weighted by molar-refractivity contribution is 0.626. The molecule has 0 aliphatic heterocycles. The van der Waals surface area contributed by atoms with Crippen LogP contribution in [0.1, 0.15) is 11.1 Å². The first-order chi connectivity index (χ1) is 9.11. The number of allylic oxidation sites excluding steroid dienone is 1. The van der Waals surface area contributed by atoms with Gasteiger partial charge in [-0.15, -0.1) is 0 Å². The van der Waals surface area contributed by atoms with E-state index >= 15 is 0 Å². The predicted molar refractivity (Wildman–Crippen MR) is 75.0 cm³/mol. The van der Waals surface area contributed by atoms with Crippen molar-refractivity contribution in [3.63, 3.8) is 0 Å². The second kappa shape index (κ2) is 5.63. The van der Waals surface area contributed by atoms with Crippen molar-refractivity contribution in [3.8, 4) is 6.07 Å². The third kappa shape index (κ3) is 2.98. The van der Waals surface area contributed by atoms with E-state index in [4.69, 9.17) is 5.73 Å². The van der Waals surface area contributed by atoms with Crippen LogP contribution in [0.15, 0.2) is 47.2 Å². The van der Waals surface area contributed by atoms with Gasteiger partial charge >= 0.3 is 0 Å². The lowest BCUT2D eigenvalue weighted by Crippen LogP contribution is -2.01. The molecule has 0 bridgehead atoms. The van der Waals surface area contributed by atoms with E-state index < -0.39 is 5.82 Å².